The Labute approximate surface area is 154 Å². The lowest BCUT2D eigenvalue weighted by Crippen LogP contribution is -2.55. The van der Waals surface area contributed by atoms with Crippen molar-refractivity contribution in [1.29, 1.82) is 0 Å². The number of carbonyl (C=O) groups is 1. The Morgan fingerprint density at radius 3 is 2.62 bits per heavy atom. The monoisotopic (exact) mass is 366 g/mol. The molecule has 0 bridgehead atoms. The van der Waals surface area contributed by atoms with E-state index >= 15 is 0 Å². The molecule has 0 aromatic carbocycles. The van der Waals surface area contributed by atoms with Gasteiger partial charge in [0.15, 0.2) is 5.76 Å². The van der Waals surface area contributed by atoms with E-state index in [-0.39, 0.29) is 5.91 Å². The number of likely N-dealkylation sites (tertiary alicyclic amines) is 1. The van der Waals surface area contributed by atoms with Crippen LogP contribution < -0.4 is 5.32 Å². The van der Waals surface area contributed by atoms with Crippen LogP contribution in [0, 0.1) is 6.92 Å². The van der Waals surface area contributed by atoms with Gasteiger partial charge >= 0.3 is 0 Å². The number of amides is 1. The number of morpholine rings is 1. The quantitative estimate of drug-likeness (QED) is 0.749. The first kappa shape index (κ1) is 19.3. The number of hydrogen-bond acceptors (Lipinski definition) is 7. The predicted molar refractivity (Wildman–Crippen MR) is 95.8 cm³/mol. The van der Waals surface area contributed by atoms with Crippen LogP contribution in [0.15, 0.2) is 10.6 Å². The Hall–Kier alpha value is -1.48. The molecule has 0 aliphatic carbocycles. The van der Waals surface area contributed by atoms with E-state index < -0.39 is 5.60 Å². The number of aromatic nitrogens is 1. The molecule has 2 saturated heterocycles. The summed E-state index contributed by atoms with van der Waals surface area (Å²) in [5, 5.41) is 6.99. The van der Waals surface area contributed by atoms with Crippen molar-refractivity contribution < 1.29 is 18.8 Å². The van der Waals surface area contributed by atoms with E-state index in [1.54, 1.807) is 7.11 Å². The Bertz CT molecular complexity index is 578. The molecule has 146 valence electrons. The number of hydrogen-bond donors (Lipinski definition) is 1. The molecule has 0 saturated carbocycles. The first-order valence-electron chi connectivity index (χ1n) is 9.39. The number of nitrogens with zero attached hydrogens (tertiary/aromatic N) is 3. The van der Waals surface area contributed by atoms with E-state index in [9.17, 15) is 4.79 Å². The molecule has 1 aromatic heterocycles. The number of rotatable bonds is 7. The summed E-state index contributed by atoms with van der Waals surface area (Å²) in [6.07, 6.45) is 1.36. The highest BCUT2D eigenvalue weighted by molar-refractivity contribution is 5.85. The molecule has 8 heteroatoms. The largest absolute Gasteiger partial charge is 0.379 e. The lowest BCUT2D eigenvalue weighted by molar-refractivity contribution is -0.149. The molecule has 8 nitrogen and oxygen atoms in total. The fourth-order valence-corrected chi connectivity index (χ4v) is 3.62. The maximum atomic E-state index is 12.7. The van der Waals surface area contributed by atoms with Gasteiger partial charge in [0.2, 0.25) is 0 Å². The molecule has 2 fully saturated rings. The van der Waals surface area contributed by atoms with Crippen LogP contribution in [-0.4, -0.2) is 86.1 Å². The zero-order valence-electron chi connectivity index (χ0n) is 15.8. The minimum absolute atomic E-state index is 0.00317. The minimum atomic E-state index is -0.723. The third-order valence-corrected chi connectivity index (χ3v) is 5.34. The Balaban J connectivity index is 1.44. The van der Waals surface area contributed by atoms with Gasteiger partial charge in [0.05, 0.1) is 25.5 Å². The first-order valence-corrected chi connectivity index (χ1v) is 9.39. The van der Waals surface area contributed by atoms with Crippen LogP contribution in [0.5, 0.6) is 0 Å². The highest BCUT2D eigenvalue weighted by Crippen LogP contribution is 2.27. The molecule has 1 N–H and O–H groups in total. The number of carbonyl (C=O) groups excluding carboxylic acids is 1. The second kappa shape index (κ2) is 8.94. The van der Waals surface area contributed by atoms with Gasteiger partial charge in [0.25, 0.3) is 5.91 Å². The molecule has 0 radical (unpaired) electrons. The summed E-state index contributed by atoms with van der Waals surface area (Å²) >= 11 is 0. The lowest BCUT2D eigenvalue weighted by atomic mass is 9.90. The van der Waals surface area contributed by atoms with Gasteiger partial charge in [-0.15, -0.1) is 0 Å². The summed E-state index contributed by atoms with van der Waals surface area (Å²) in [6, 6.07) is 1.95. The first-order chi connectivity index (χ1) is 12.6. The third-order valence-electron chi connectivity index (χ3n) is 5.34. The van der Waals surface area contributed by atoms with Gasteiger partial charge in [-0.25, -0.2) is 0 Å². The van der Waals surface area contributed by atoms with Crippen LogP contribution >= 0.6 is 0 Å². The van der Waals surface area contributed by atoms with Crippen LogP contribution in [0.4, 0.5) is 0 Å². The molecule has 2 aliphatic rings. The van der Waals surface area contributed by atoms with E-state index in [0.29, 0.717) is 19.4 Å². The lowest BCUT2D eigenvalue weighted by Gasteiger charge is -2.39. The molecule has 0 spiro atoms. The van der Waals surface area contributed by atoms with Gasteiger partial charge in [-0.05, 0) is 19.8 Å². The van der Waals surface area contributed by atoms with Crippen molar-refractivity contribution in [3.8, 4) is 0 Å². The van der Waals surface area contributed by atoms with Crippen LogP contribution in [0.25, 0.3) is 0 Å². The smallest absolute Gasteiger partial charge is 0.252 e. The van der Waals surface area contributed by atoms with Crippen LogP contribution in [0.2, 0.25) is 0 Å². The maximum absolute atomic E-state index is 12.7. The average Bonchev–Trinajstić information content (AvgIpc) is 3.08. The van der Waals surface area contributed by atoms with Gasteiger partial charge in [-0.1, -0.05) is 5.16 Å². The molecule has 26 heavy (non-hydrogen) atoms. The van der Waals surface area contributed by atoms with Crippen molar-refractivity contribution in [3.63, 3.8) is 0 Å². The van der Waals surface area contributed by atoms with Crippen molar-refractivity contribution in [2.75, 3.05) is 59.6 Å². The normalized spacial score (nSPS) is 21.6. The topological polar surface area (TPSA) is 80.1 Å². The van der Waals surface area contributed by atoms with Crippen molar-refractivity contribution in [2.24, 2.45) is 0 Å². The summed E-state index contributed by atoms with van der Waals surface area (Å²) in [5.74, 6) is 0.866. The minimum Gasteiger partial charge on any atom is -0.379 e. The summed E-state index contributed by atoms with van der Waals surface area (Å²) < 4.78 is 16.3. The molecule has 0 unspecified atom stereocenters. The fourth-order valence-electron chi connectivity index (χ4n) is 3.62. The highest BCUT2D eigenvalue weighted by Gasteiger charge is 2.41. The summed E-state index contributed by atoms with van der Waals surface area (Å²) in [5.41, 5.74) is 0.168. The van der Waals surface area contributed by atoms with Crippen LogP contribution in [0.3, 0.4) is 0 Å². The Kier molecular flexibility index (Phi) is 6.63. The second-order valence-electron chi connectivity index (χ2n) is 7.12. The van der Waals surface area contributed by atoms with Crippen molar-refractivity contribution in [1.82, 2.24) is 20.3 Å². The van der Waals surface area contributed by atoms with E-state index in [2.05, 4.69) is 20.3 Å². The van der Waals surface area contributed by atoms with Gasteiger partial charge in [0, 0.05) is 52.4 Å². The number of aryl methyl sites for hydroxylation is 1. The van der Waals surface area contributed by atoms with Gasteiger partial charge < -0.3 is 19.3 Å². The zero-order valence-corrected chi connectivity index (χ0v) is 15.8. The number of nitrogens with one attached hydrogen (secondary N) is 1. The van der Waals surface area contributed by atoms with Crippen LogP contribution in [0.1, 0.15) is 24.3 Å². The number of piperidine rings is 1. The molecule has 2 aliphatic heterocycles. The van der Waals surface area contributed by atoms with E-state index in [1.165, 1.54) is 0 Å². The molecule has 0 atom stereocenters. The summed E-state index contributed by atoms with van der Waals surface area (Å²) in [6.45, 7) is 9.14. The predicted octanol–water partition coefficient (Wildman–Crippen LogP) is 0.412. The van der Waals surface area contributed by atoms with Crippen LogP contribution in [-0.2, 0) is 20.8 Å². The molecule has 3 rings (SSSR count). The van der Waals surface area contributed by atoms with E-state index in [1.807, 2.05) is 13.0 Å². The molecule has 1 aromatic rings. The Morgan fingerprint density at radius 2 is 2.00 bits per heavy atom. The standard InChI is InChI=1S/C18H30N4O4/c1-15-13-16(26-20-15)14-22-6-3-18(24-2,4-7-22)17(23)19-5-8-21-9-11-25-12-10-21/h13H,3-12,14H2,1-2H3,(H,19,23). The maximum Gasteiger partial charge on any atom is 0.252 e. The number of ether oxygens (including phenoxy) is 2. The average molecular weight is 366 g/mol. The molecule has 1 amide bonds. The van der Waals surface area contributed by atoms with Gasteiger partial charge in [-0.2, -0.15) is 0 Å². The third kappa shape index (κ3) is 4.82. The van der Waals surface area contributed by atoms with Crippen molar-refractivity contribution in [3.05, 3.63) is 17.5 Å². The Morgan fingerprint density at radius 1 is 1.27 bits per heavy atom. The van der Waals surface area contributed by atoms with Gasteiger partial charge in [-0.3, -0.25) is 14.6 Å². The van der Waals surface area contributed by atoms with E-state index in [0.717, 1.165) is 63.9 Å². The molecular formula is C18H30N4O4. The summed E-state index contributed by atoms with van der Waals surface area (Å²) in [7, 11) is 1.64. The second-order valence-corrected chi connectivity index (χ2v) is 7.12. The SMILES string of the molecule is COC1(C(=O)NCCN2CCOCC2)CCN(Cc2cc(C)no2)CC1. The molecule has 3 heterocycles. The van der Waals surface area contributed by atoms with Crippen molar-refractivity contribution >= 4 is 5.91 Å². The highest BCUT2D eigenvalue weighted by atomic mass is 16.5. The fraction of sp³-hybridized carbons (Fsp3) is 0.778. The zero-order chi connectivity index (χ0) is 18.4. The van der Waals surface area contributed by atoms with Gasteiger partial charge in [0.1, 0.15) is 5.60 Å². The number of methoxy groups -OCH3 is 1. The van der Waals surface area contributed by atoms with E-state index in [4.69, 9.17) is 14.0 Å². The summed E-state index contributed by atoms with van der Waals surface area (Å²) in [4.78, 5) is 17.3. The van der Waals surface area contributed by atoms with Crippen molar-refractivity contribution in [2.45, 2.75) is 31.9 Å². The molecular weight excluding hydrogens is 336 g/mol.